The molecule has 2 aromatic rings. The van der Waals surface area contributed by atoms with Crippen LogP contribution in [0.3, 0.4) is 0 Å². The van der Waals surface area contributed by atoms with Crippen LogP contribution < -0.4 is 11.1 Å². The molecule has 7 N–H and O–H groups in total. The van der Waals surface area contributed by atoms with E-state index < -0.39 is 63.7 Å². The molecule has 35 heavy (non-hydrogen) atoms. The highest BCUT2D eigenvalue weighted by atomic mass is 16.5. The molecule has 3 unspecified atom stereocenters. The first kappa shape index (κ1) is 22.3. The number of ketones is 2. The maximum atomic E-state index is 13.5. The van der Waals surface area contributed by atoms with E-state index in [0.29, 0.717) is 5.56 Å². The molecule has 1 aromatic carbocycles. The number of anilines is 1. The van der Waals surface area contributed by atoms with Crippen molar-refractivity contribution in [2.45, 2.75) is 24.9 Å². The lowest BCUT2D eigenvalue weighted by atomic mass is 9.59. The van der Waals surface area contributed by atoms with Crippen LogP contribution in [0.1, 0.15) is 34.5 Å². The van der Waals surface area contributed by atoms with Gasteiger partial charge in [-0.25, -0.2) is 0 Å². The molecule has 1 fully saturated rings. The lowest BCUT2D eigenvalue weighted by Crippen LogP contribution is -2.58. The van der Waals surface area contributed by atoms with Crippen LogP contribution in [0, 0.1) is 11.8 Å². The van der Waals surface area contributed by atoms with Crippen LogP contribution >= 0.6 is 0 Å². The second-order valence-electron chi connectivity index (χ2n) is 8.73. The Labute approximate surface area is 196 Å². The van der Waals surface area contributed by atoms with E-state index in [0.717, 1.165) is 0 Å². The quantitative estimate of drug-likeness (QED) is 0.266. The second-order valence-corrected chi connectivity index (χ2v) is 8.73. The van der Waals surface area contributed by atoms with Crippen LogP contribution in [0.25, 0.3) is 5.76 Å². The first-order chi connectivity index (χ1) is 16.6. The highest BCUT2D eigenvalue weighted by Gasteiger charge is 2.60. The van der Waals surface area contributed by atoms with Crippen molar-refractivity contribution in [3.05, 3.63) is 58.2 Å². The molecule has 0 bridgehead atoms. The first-order valence-electron chi connectivity index (χ1n) is 10.6. The van der Waals surface area contributed by atoms with Crippen LogP contribution in [0.15, 0.2) is 45.8 Å². The van der Waals surface area contributed by atoms with E-state index in [1.807, 2.05) is 0 Å². The van der Waals surface area contributed by atoms with Crippen LogP contribution in [-0.4, -0.2) is 54.6 Å². The normalized spacial score (nSPS) is 25.6. The van der Waals surface area contributed by atoms with E-state index in [1.54, 1.807) is 6.07 Å². The maximum absolute atomic E-state index is 13.5. The van der Waals surface area contributed by atoms with E-state index in [2.05, 4.69) is 10.5 Å². The number of aromatic hydroxyl groups is 1. The van der Waals surface area contributed by atoms with Crippen LogP contribution in [0.2, 0.25) is 0 Å². The van der Waals surface area contributed by atoms with Crippen LogP contribution in [0.5, 0.6) is 5.75 Å². The predicted molar refractivity (Wildman–Crippen MR) is 116 cm³/mol. The van der Waals surface area contributed by atoms with Crippen molar-refractivity contribution < 1.29 is 44.1 Å². The number of nitrogens with zero attached hydrogens (tertiary/aromatic N) is 1. The third-order valence-electron chi connectivity index (χ3n) is 6.85. The van der Waals surface area contributed by atoms with Gasteiger partial charge in [0, 0.05) is 24.0 Å². The number of nitrogens with two attached hydrogens (primary N) is 1. The lowest BCUT2D eigenvalue weighted by molar-refractivity contribution is -0.147. The Kier molecular flexibility index (Phi) is 4.81. The number of carbonyl (C=O) groups excluding carboxylic acids is 4. The van der Waals surface area contributed by atoms with Gasteiger partial charge >= 0.3 is 0 Å². The molecule has 0 spiro atoms. The smallest absolute Gasteiger partial charge is 0.294 e. The number of hydrogen-bond acceptors (Lipinski definition) is 10. The number of aliphatic hydroxyl groups excluding tert-OH is 2. The van der Waals surface area contributed by atoms with Crippen LogP contribution in [0.4, 0.5) is 5.69 Å². The number of phenolic OH excluding ortho intramolecular Hbond substituents is 1. The Balaban J connectivity index is 1.60. The molecular formula is C23H19N3O9. The lowest BCUT2D eigenvalue weighted by Gasteiger charge is -2.46. The van der Waals surface area contributed by atoms with Gasteiger partial charge in [-0.15, -0.1) is 0 Å². The summed E-state index contributed by atoms with van der Waals surface area (Å²) in [6.07, 6.45) is 1.07. The number of benzene rings is 1. The summed E-state index contributed by atoms with van der Waals surface area (Å²) in [6.45, 7) is 0. The number of fused-ring (bicyclic) bond motifs is 3. The van der Waals surface area contributed by atoms with E-state index >= 15 is 0 Å². The molecule has 3 aliphatic carbocycles. The summed E-state index contributed by atoms with van der Waals surface area (Å²) in [5, 5.41) is 49.5. The summed E-state index contributed by atoms with van der Waals surface area (Å²) in [6, 6.07) is 4.28. The van der Waals surface area contributed by atoms with E-state index in [1.165, 1.54) is 18.3 Å². The van der Waals surface area contributed by atoms with Crippen molar-refractivity contribution in [3.8, 4) is 5.75 Å². The number of amides is 2. The van der Waals surface area contributed by atoms with Gasteiger partial charge in [0.15, 0.2) is 11.4 Å². The largest absolute Gasteiger partial charge is 0.508 e. The third kappa shape index (κ3) is 3.06. The summed E-state index contributed by atoms with van der Waals surface area (Å²) in [5.41, 5.74) is 1.65. The Bertz CT molecular complexity index is 1390. The van der Waals surface area contributed by atoms with Gasteiger partial charge < -0.3 is 36.0 Å². The van der Waals surface area contributed by atoms with Crippen molar-refractivity contribution in [2.24, 2.45) is 17.6 Å². The Morgan fingerprint density at radius 2 is 1.89 bits per heavy atom. The van der Waals surface area contributed by atoms with Gasteiger partial charge in [0.2, 0.25) is 11.5 Å². The van der Waals surface area contributed by atoms with Crippen molar-refractivity contribution in [3.63, 3.8) is 0 Å². The second kappa shape index (κ2) is 7.53. The summed E-state index contributed by atoms with van der Waals surface area (Å²) < 4.78 is 4.77. The molecule has 12 nitrogen and oxygen atoms in total. The molecule has 5 rings (SSSR count). The van der Waals surface area contributed by atoms with Crippen molar-refractivity contribution in [2.75, 3.05) is 5.32 Å². The number of nitrogens with one attached hydrogen (secondary N) is 1. The zero-order valence-corrected chi connectivity index (χ0v) is 17.9. The van der Waals surface area contributed by atoms with E-state index in [9.17, 15) is 39.6 Å². The fourth-order valence-electron chi connectivity index (χ4n) is 5.21. The summed E-state index contributed by atoms with van der Waals surface area (Å²) >= 11 is 0. The number of rotatable bonds is 3. The average molecular weight is 481 g/mol. The molecule has 0 aliphatic heterocycles. The Morgan fingerprint density at radius 1 is 1.14 bits per heavy atom. The Morgan fingerprint density at radius 3 is 2.54 bits per heavy atom. The van der Waals surface area contributed by atoms with Crippen LogP contribution in [-0.2, 0) is 20.8 Å². The van der Waals surface area contributed by atoms with Gasteiger partial charge in [0.25, 0.3) is 11.8 Å². The molecular weight excluding hydrogens is 462 g/mol. The molecule has 0 radical (unpaired) electrons. The number of Topliss-reactive ketones (excluding diaryl/α,β-unsaturated/α-hetero) is 2. The molecule has 1 heterocycles. The number of hydrogen-bond donors (Lipinski definition) is 6. The number of aliphatic hydroxyl groups is 3. The Hall–Kier alpha value is -4.45. The van der Waals surface area contributed by atoms with Crippen molar-refractivity contribution >= 4 is 34.8 Å². The fraction of sp³-hybridized carbons (Fsp3) is 0.261. The summed E-state index contributed by atoms with van der Waals surface area (Å²) in [4.78, 5) is 49.8. The van der Waals surface area contributed by atoms with Gasteiger partial charge in [-0.1, -0.05) is 11.2 Å². The molecule has 12 heteroatoms. The molecule has 1 aromatic heterocycles. The zero-order valence-electron chi connectivity index (χ0n) is 17.9. The first-order valence-corrected chi connectivity index (χ1v) is 10.6. The van der Waals surface area contributed by atoms with Gasteiger partial charge in [0.05, 0.1) is 17.4 Å². The van der Waals surface area contributed by atoms with Gasteiger partial charge in [0.1, 0.15) is 22.8 Å². The summed E-state index contributed by atoms with van der Waals surface area (Å²) in [7, 11) is 0. The summed E-state index contributed by atoms with van der Waals surface area (Å²) in [5.74, 6) is -8.00. The number of carbonyl (C=O) groups is 4. The third-order valence-corrected chi connectivity index (χ3v) is 6.85. The molecule has 1 saturated carbocycles. The number of aromatic nitrogens is 1. The molecule has 3 aliphatic rings. The molecule has 180 valence electrons. The maximum Gasteiger partial charge on any atom is 0.294 e. The zero-order chi connectivity index (χ0) is 25.2. The predicted octanol–water partition coefficient (Wildman–Crippen LogP) is 0.664. The molecule has 3 atom stereocenters. The van der Waals surface area contributed by atoms with E-state index in [4.69, 9.17) is 10.3 Å². The fourth-order valence-corrected chi connectivity index (χ4v) is 5.21. The number of phenols is 1. The molecule has 2 amide bonds. The van der Waals surface area contributed by atoms with Gasteiger partial charge in [-0.2, -0.15) is 0 Å². The van der Waals surface area contributed by atoms with E-state index in [-0.39, 0.29) is 41.8 Å². The minimum atomic E-state index is -2.64. The average Bonchev–Trinajstić information content (AvgIpc) is 3.33. The SMILES string of the molecule is NC(=O)C1=C(O)C2(O)C(=O)C3=C(O)c4c(ccc(NC(=O)c5ccno5)c4O)CC3CC2CC1=O. The van der Waals surface area contributed by atoms with Gasteiger partial charge in [-0.05, 0) is 30.4 Å². The minimum absolute atomic E-state index is 0.0354. The standard InChI is InChI=1S/C23H19N3O9/c24-21(32)16-12(27)7-10-6-9-5-8-1-2-11(26-22(33)13-3-4-25-35-13)17(28)14(8)18(29)15(9)19(30)23(10,34)20(16)31/h1-4,9-10,28-29,31,34H,5-7H2,(H2,24,32)(H,26,33). The van der Waals surface area contributed by atoms with Crippen molar-refractivity contribution in [1.29, 1.82) is 0 Å². The monoisotopic (exact) mass is 481 g/mol. The minimum Gasteiger partial charge on any atom is -0.508 e. The van der Waals surface area contributed by atoms with Crippen molar-refractivity contribution in [1.82, 2.24) is 5.16 Å². The van der Waals surface area contributed by atoms with Gasteiger partial charge in [-0.3, -0.25) is 19.2 Å². The highest BCUT2D eigenvalue weighted by molar-refractivity contribution is 6.22. The topological polar surface area (TPSA) is 213 Å². The number of primary amides is 1. The molecule has 0 saturated heterocycles. The highest BCUT2D eigenvalue weighted by Crippen LogP contribution is 2.52.